The van der Waals surface area contributed by atoms with Gasteiger partial charge in [-0.25, -0.2) is 14.8 Å². The third-order valence-corrected chi connectivity index (χ3v) is 14.2. The van der Waals surface area contributed by atoms with Crippen molar-refractivity contribution < 1.29 is 58.1 Å². The van der Waals surface area contributed by atoms with E-state index in [1.165, 1.54) is 36.8 Å². The number of carboxylic acid groups (broad SMARTS) is 1. The Morgan fingerprint density at radius 2 is 0.978 bits per heavy atom. The van der Waals surface area contributed by atoms with E-state index in [2.05, 4.69) is 44.7 Å². The highest BCUT2D eigenvalue weighted by Gasteiger charge is 2.17. The van der Waals surface area contributed by atoms with Gasteiger partial charge in [-0.3, -0.25) is 44.3 Å². The van der Waals surface area contributed by atoms with Gasteiger partial charge in [0.1, 0.15) is 57.4 Å². The first-order chi connectivity index (χ1) is 43.2. The first kappa shape index (κ1) is 66.7. The van der Waals surface area contributed by atoms with Gasteiger partial charge < -0.3 is 49.5 Å². The van der Waals surface area contributed by atoms with E-state index in [0.29, 0.717) is 96.6 Å². The van der Waals surface area contributed by atoms with Gasteiger partial charge >= 0.3 is 5.97 Å². The normalized spacial score (nSPS) is 13.1. The summed E-state index contributed by atoms with van der Waals surface area (Å²) < 4.78 is 34.8. The lowest BCUT2D eigenvalue weighted by Crippen LogP contribution is -2.37. The summed E-state index contributed by atoms with van der Waals surface area (Å²) in [6, 6.07) is 26.8. The first-order valence-corrected chi connectivity index (χ1v) is 29.5. The number of nitrogen functional groups attached to an aromatic ring is 1. The zero-order valence-corrected chi connectivity index (χ0v) is 51.0. The van der Waals surface area contributed by atoms with Crippen LogP contribution in [0, 0.1) is 0 Å². The number of nitrogens with two attached hydrogens (primary N) is 1. The molecule has 0 atom stereocenters. The minimum absolute atomic E-state index is 0.0347. The van der Waals surface area contributed by atoms with E-state index in [0.717, 1.165) is 94.8 Å². The zero-order valence-electron chi connectivity index (χ0n) is 47.9. The molecule has 0 saturated carbocycles. The van der Waals surface area contributed by atoms with Gasteiger partial charge in [0.15, 0.2) is 5.78 Å². The number of benzene rings is 2. The van der Waals surface area contributed by atoms with Crippen LogP contribution in [0.15, 0.2) is 140 Å². The summed E-state index contributed by atoms with van der Waals surface area (Å²) in [5.74, 6) is 2.73. The maximum atomic E-state index is 12.5. The number of pyridine rings is 7. The number of hydrogen-bond acceptors (Lipinski definition) is 21. The van der Waals surface area contributed by atoms with Crippen LogP contribution < -0.4 is 24.7 Å². The van der Waals surface area contributed by atoms with E-state index in [1.54, 1.807) is 79.4 Å². The summed E-state index contributed by atoms with van der Waals surface area (Å²) >= 11 is 22.1. The number of aromatic carboxylic acids is 1. The number of nitrogens with zero attached hydrogens (tertiary/aromatic N) is 9. The lowest BCUT2D eigenvalue weighted by Gasteiger charge is -2.26. The smallest absolute Gasteiger partial charge is 0.354 e. The number of fused-ring (bicyclic) bond motifs is 2. The molecule has 5 N–H and O–H groups in total. The molecule has 0 spiro atoms. The number of halogens is 4. The number of carboxylic acids is 1. The van der Waals surface area contributed by atoms with Gasteiger partial charge in [0.2, 0.25) is 0 Å². The van der Waals surface area contributed by atoms with Crippen LogP contribution in [-0.4, -0.2) is 156 Å². The van der Waals surface area contributed by atoms with Crippen molar-refractivity contribution in [3.05, 3.63) is 189 Å². The van der Waals surface area contributed by atoms with E-state index in [-0.39, 0.29) is 36.8 Å². The number of ketones is 1. The van der Waals surface area contributed by atoms with Crippen LogP contribution in [0.25, 0.3) is 21.8 Å². The molecule has 11 rings (SSSR count). The Morgan fingerprint density at radius 1 is 0.528 bits per heavy atom. The van der Waals surface area contributed by atoms with E-state index in [9.17, 15) is 24.6 Å². The highest BCUT2D eigenvalue weighted by Crippen LogP contribution is 2.35. The van der Waals surface area contributed by atoms with E-state index < -0.39 is 11.2 Å². The van der Waals surface area contributed by atoms with Gasteiger partial charge in [0.05, 0.1) is 82.7 Å². The predicted octanol–water partition coefficient (Wildman–Crippen LogP) is 10.6. The number of carbonyl (C=O) groups is 3. The summed E-state index contributed by atoms with van der Waals surface area (Å²) in [6.07, 6.45) is 12.7. The standard InChI is InChI=1S/C29H29ClN4O5.C22H26N4O4.C6H3Cl2NO.C6H4ClNO2/c30-21-4-6-32-26(15-21)27(36)16-22-2-3-23(18-33-22)39-28-5-7-31-25-17-29(20(19-35)14-24(25)28)38-11-1-8-34-9-12-37-13-10-34;23-22-3-2-17(14-25-22)30-20-4-5-24-19-13-21(16(15-27)12-18(19)20)29-9-1-6-26-7-10-28-11-8-26;7-4-1-2-9-5(3-4)6(8)10;7-4-1-2-8-5(3-4)6(9)10/h2-7,14-15,17-18,35H,1,8-13,16,19H2;2-5,12-14,27H,1,6-11,15H2,(H2,23,25);1-3H;1-3H,(H,9,10). The third-order valence-electron chi connectivity index (χ3n) is 13.3. The molecule has 9 aromatic rings. The summed E-state index contributed by atoms with van der Waals surface area (Å²) in [5.41, 5.74) is 9.44. The van der Waals surface area contributed by atoms with Crippen molar-refractivity contribution in [2.75, 3.05) is 84.6 Å². The fourth-order valence-electron chi connectivity index (χ4n) is 8.80. The Labute approximate surface area is 532 Å². The van der Waals surface area contributed by atoms with Crippen LogP contribution in [0.5, 0.6) is 34.5 Å². The highest BCUT2D eigenvalue weighted by atomic mass is 35.5. The summed E-state index contributed by atoms with van der Waals surface area (Å²) in [4.78, 5) is 66.5. The fourth-order valence-corrected chi connectivity index (χ4v) is 9.38. The molecule has 0 aliphatic carbocycles. The third kappa shape index (κ3) is 20.9. The Kier molecular flexibility index (Phi) is 25.8. The van der Waals surface area contributed by atoms with Crippen molar-refractivity contribution in [1.82, 2.24) is 44.7 Å². The molecule has 0 amide bonds. The minimum atomic E-state index is -1.07. The zero-order chi connectivity index (χ0) is 62.9. The molecule has 9 heterocycles. The predicted molar refractivity (Wildman–Crippen MR) is 336 cm³/mol. The number of ether oxygens (including phenoxy) is 6. The summed E-state index contributed by atoms with van der Waals surface area (Å²) in [5, 5.41) is 30.5. The molecule has 464 valence electrons. The number of morpholine rings is 2. The molecule has 2 aliphatic heterocycles. The Hall–Kier alpha value is -8.26. The van der Waals surface area contributed by atoms with Gasteiger partial charge in [0.25, 0.3) is 5.24 Å². The van der Waals surface area contributed by atoms with Crippen molar-refractivity contribution in [3.63, 3.8) is 0 Å². The monoisotopic (exact) mass is 1290 g/mol. The highest BCUT2D eigenvalue weighted by molar-refractivity contribution is 6.67. The quantitative estimate of drug-likeness (QED) is 0.0295. The SMILES string of the molecule is Nc1ccc(Oc2ccnc3cc(OCCCN4CCOCC4)c(CO)cc23)cn1.O=C(Cc1ccc(Oc2ccnc3cc(OCCCN4CCOCC4)c(CO)cc23)cn1)c1cc(Cl)ccn1.O=C(Cl)c1cc(Cl)ccn1.O=C(O)c1cc(Cl)ccn1. The van der Waals surface area contributed by atoms with Crippen LogP contribution >= 0.6 is 46.4 Å². The van der Waals surface area contributed by atoms with Gasteiger partial charge in [-0.1, -0.05) is 34.8 Å². The van der Waals surface area contributed by atoms with E-state index >= 15 is 0 Å². The number of aromatic nitrogens is 7. The second kappa shape index (κ2) is 34.5. The molecule has 2 aliphatic rings. The lowest BCUT2D eigenvalue weighted by atomic mass is 10.1. The van der Waals surface area contributed by atoms with Crippen LogP contribution in [-0.2, 0) is 29.1 Å². The Morgan fingerprint density at radius 3 is 1.39 bits per heavy atom. The fraction of sp³-hybridized carbons (Fsp3) is 0.270. The van der Waals surface area contributed by atoms with Crippen LogP contribution in [0.4, 0.5) is 5.82 Å². The molecule has 0 radical (unpaired) electrons. The van der Waals surface area contributed by atoms with Crippen LogP contribution in [0.1, 0.15) is 61.1 Å². The number of Topliss-reactive ketones (excluding diaryl/α,β-unsaturated/α-hetero) is 1. The number of anilines is 1. The van der Waals surface area contributed by atoms with Crippen molar-refractivity contribution in [1.29, 1.82) is 0 Å². The largest absolute Gasteiger partial charge is 0.493 e. The molecule has 26 heteroatoms. The molecule has 7 aromatic heterocycles. The van der Waals surface area contributed by atoms with Gasteiger partial charge in [0, 0.05) is 125 Å². The van der Waals surface area contributed by atoms with Crippen LogP contribution in [0.2, 0.25) is 15.1 Å². The topological polar surface area (TPSA) is 290 Å². The minimum Gasteiger partial charge on any atom is -0.493 e. The maximum absolute atomic E-state index is 12.5. The second-order valence-corrected chi connectivity index (χ2v) is 21.2. The Balaban J connectivity index is 0.000000178. The molecular weight excluding hydrogens is 1230 g/mol. The molecule has 2 saturated heterocycles. The summed E-state index contributed by atoms with van der Waals surface area (Å²) in [7, 11) is 0. The van der Waals surface area contributed by atoms with Crippen molar-refractivity contribution in [2.45, 2.75) is 32.5 Å². The van der Waals surface area contributed by atoms with Crippen molar-refractivity contribution in [2.24, 2.45) is 0 Å². The number of hydrogen-bond donors (Lipinski definition) is 4. The van der Waals surface area contributed by atoms with Crippen LogP contribution in [0.3, 0.4) is 0 Å². The van der Waals surface area contributed by atoms with Gasteiger partial charge in [-0.05, 0) is 109 Å². The number of carbonyl (C=O) groups excluding carboxylic acids is 2. The number of rotatable bonds is 21. The summed E-state index contributed by atoms with van der Waals surface area (Å²) in [6.45, 7) is 9.69. The molecule has 2 fully saturated rings. The van der Waals surface area contributed by atoms with Crippen molar-refractivity contribution >= 4 is 91.0 Å². The molecule has 2 aromatic carbocycles. The molecule has 0 unspecified atom stereocenters. The molecular formula is C63H62Cl4N10O12. The lowest BCUT2D eigenvalue weighted by molar-refractivity contribution is 0.0357. The van der Waals surface area contributed by atoms with E-state index in [1.807, 2.05) is 24.3 Å². The van der Waals surface area contributed by atoms with E-state index in [4.69, 9.17) is 85.7 Å². The average molecular weight is 1290 g/mol. The number of aliphatic hydroxyl groups is 2. The van der Waals surface area contributed by atoms with Gasteiger partial charge in [-0.2, -0.15) is 0 Å². The second-order valence-electron chi connectivity index (χ2n) is 19.6. The first-order valence-electron chi connectivity index (χ1n) is 28.0. The maximum Gasteiger partial charge on any atom is 0.354 e. The molecule has 89 heavy (non-hydrogen) atoms. The number of aliphatic hydroxyl groups excluding tert-OH is 2. The molecule has 0 bridgehead atoms. The molecule has 22 nitrogen and oxygen atoms in total. The average Bonchev–Trinajstić information content (AvgIpc) is 1.90. The Bertz CT molecular complexity index is 3740. The van der Waals surface area contributed by atoms with Crippen molar-refractivity contribution in [3.8, 4) is 34.5 Å². The van der Waals surface area contributed by atoms with Gasteiger partial charge in [-0.15, -0.1) is 0 Å².